The summed E-state index contributed by atoms with van der Waals surface area (Å²) < 4.78 is 0. The van der Waals surface area contributed by atoms with Crippen LogP contribution in [-0.4, -0.2) is 0 Å². The Balaban J connectivity index is 2.25. The third-order valence-corrected chi connectivity index (χ3v) is 3.80. The molecule has 0 radical (unpaired) electrons. The van der Waals surface area contributed by atoms with E-state index < -0.39 is 0 Å². The Morgan fingerprint density at radius 2 is 1.36 bits per heavy atom. The van der Waals surface area contributed by atoms with Crippen molar-refractivity contribution in [3.05, 3.63) is 35.4 Å². The first kappa shape index (κ1) is 9.76. The Hall–Kier alpha value is -0.780. The highest BCUT2D eigenvalue weighted by molar-refractivity contribution is 5.30. The van der Waals surface area contributed by atoms with E-state index in [0.29, 0.717) is 0 Å². The van der Waals surface area contributed by atoms with Gasteiger partial charge in [0.1, 0.15) is 0 Å². The monoisotopic (exact) mass is 188 g/mol. The van der Waals surface area contributed by atoms with E-state index in [1.165, 1.54) is 25.7 Å². The Bertz CT molecular complexity index is 270. The maximum atomic E-state index is 2.33. The van der Waals surface area contributed by atoms with Gasteiger partial charge in [0.25, 0.3) is 0 Å². The van der Waals surface area contributed by atoms with E-state index in [9.17, 15) is 0 Å². The van der Waals surface area contributed by atoms with Crippen molar-refractivity contribution in [3.8, 4) is 0 Å². The highest BCUT2D eigenvalue weighted by Gasteiger charge is 2.25. The minimum absolute atomic E-state index is 0.926. The third kappa shape index (κ3) is 1.70. The van der Waals surface area contributed by atoms with E-state index in [0.717, 1.165) is 11.8 Å². The van der Waals surface area contributed by atoms with Gasteiger partial charge < -0.3 is 0 Å². The van der Waals surface area contributed by atoms with Crippen LogP contribution in [0.3, 0.4) is 0 Å². The molecule has 1 aromatic carbocycles. The molecule has 0 fully saturated rings. The van der Waals surface area contributed by atoms with Crippen molar-refractivity contribution in [2.45, 2.75) is 39.5 Å². The van der Waals surface area contributed by atoms with Crippen LogP contribution in [0.1, 0.15) is 37.8 Å². The maximum absolute atomic E-state index is 2.33. The van der Waals surface area contributed by atoms with Gasteiger partial charge in [-0.1, -0.05) is 51.0 Å². The van der Waals surface area contributed by atoms with Crippen LogP contribution in [0.5, 0.6) is 0 Å². The number of fused-ring (bicyclic) bond motifs is 1. The van der Waals surface area contributed by atoms with Gasteiger partial charge in [0.05, 0.1) is 0 Å². The quantitative estimate of drug-likeness (QED) is 0.661. The minimum Gasteiger partial charge on any atom is -0.0651 e. The molecule has 2 atom stereocenters. The van der Waals surface area contributed by atoms with E-state index in [2.05, 4.69) is 38.1 Å². The molecule has 0 aliphatic heterocycles. The lowest BCUT2D eigenvalue weighted by Crippen LogP contribution is -2.24. The topological polar surface area (TPSA) is 0 Å². The van der Waals surface area contributed by atoms with Gasteiger partial charge in [-0.3, -0.25) is 0 Å². The fraction of sp³-hybridized carbons (Fsp3) is 0.571. The zero-order valence-electron chi connectivity index (χ0n) is 9.29. The van der Waals surface area contributed by atoms with E-state index in [1.807, 2.05) is 0 Å². The molecular formula is C14H20. The molecule has 0 saturated carbocycles. The molecule has 0 nitrogen and oxygen atoms in total. The molecule has 76 valence electrons. The second-order valence-corrected chi connectivity index (χ2v) is 4.51. The summed E-state index contributed by atoms with van der Waals surface area (Å²) in [7, 11) is 0. The lowest BCUT2D eigenvalue weighted by atomic mass is 9.74. The summed E-state index contributed by atoms with van der Waals surface area (Å²) in [5.74, 6) is 1.85. The Labute approximate surface area is 87.3 Å². The van der Waals surface area contributed by atoms with Crippen LogP contribution in [0.2, 0.25) is 0 Å². The normalized spacial score (nSPS) is 25.9. The third-order valence-electron chi connectivity index (χ3n) is 3.80. The first-order chi connectivity index (χ1) is 6.85. The molecule has 0 amide bonds. The van der Waals surface area contributed by atoms with Crippen molar-refractivity contribution >= 4 is 0 Å². The molecule has 2 unspecified atom stereocenters. The molecule has 1 aliphatic rings. The predicted octanol–water partition coefficient (Wildman–Crippen LogP) is 3.84. The van der Waals surface area contributed by atoms with E-state index >= 15 is 0 Å². The van der Waals surface area contributed by atoms with Gasteiger partial charge in [0.15, 0.2) is 0 Å². The fourth-order valence-electron chi connectivity index (χ4n) is 2.81. The summed E-state index contributed by atoms with van der Waals surface area (Å²) >= 11 is 0. The fourth-order valence-corrected chi connectivity index (χ4v) is 2.81. The standard InChI is InChI=1S/C14H20/c1-3-11-9-13-7-5-6-8-14(13)10-12(11)4-2/h5-8,11-12H,3-4,9-10H2,1-2H3. The highest BCUT2D eigenvalue weighted by Crippen LogP contribution is 2.33. The van der Waals surface area contributed by atoms with E-state index in [1.54, 1.807) is 11.1 Å². The first-order valence-electron chi connectivity index (χ1n) is 5.91. The molecule has 0 N–H and O–H groups in total. The summed E-state index contributed by atoms with van der Waals surface area (Å²) in [4.78, 5) is 0. The molecule has 1 aromatic rings. The van der Waals surface area contributed by atoms with Gasteiger partial charge in [-0.2, -0.15) is 0 Å². The Kier molecular flexibility index (Phi) is 2.90. The zero-order valence-corrected chi connectivity index (χ0v) is 9.29. The van der Waals surface area contributed by atoms with Gasteiger partial charge in [-0.15, -0.1) is 0 Å². The lowest BCUT2D eigenvalue weighted by Gasteiger charge is -2.31. The predicted molar refractivity (Wildman–Crippen MR) is 61.4 cm³/mol. The lowest BCUT2D eigenvalue weighted by molar-refractivity contribution is 0.291. The van der Waals surface area contributed by atoms with Crippen molar-refractivity contribution in [2.24, 2.45) is 11.8 Å². The van der Waals surface area contributed by atoms with Gasteiger partial charge in [0.2, 0.25) is 0 Å². The minimum atomic E-state index is 0.926. The second-order valence-electron chi connectivity index (χ2n) is 4.51. The molecule has 0 saturated heterocycles. The van der Waals surface area contributed by atoms with Crippen LogP contribution in [0.25, 0.3) is 0 Å². The number of rotatable bonds is 2. The average Bonchev–Trinajstić information content (AvgIpc) is 2.27. The van der Waals surface area contributed by atoms with Crippen molar-refractivity contribution in [2.75, 3.05) is 0 Å². The molecule has 0 bridgehead atoms. The van der Waals surface area contributed by atoms with E-state index in [-0.39, 0.29) is 0 Å². The molecule has 14 heavy (non-hydrogen) atoms. The SMILES string of the molecule is CCC1Cc2ccccc2CC1CC. The largest absolute Gasteiger partial charge is 0.0651 e. The van der Waals surface area contributed by atoms with E-state index in [4.69, 9.17) is 0 Å². The number of hydrogen-bond donors (Lipinski definition) is 0. The number of hydrogen-bond acceptors (Lipinski definition) is 0. The summed E-state index contributed by atoms with van der Waals surface area (Å²) in [5.41, 5.74) is 3.20. The van der Waals surface area contributed by atoms with Crippen LogP contribution < -0.4 is 0 Å². The summed E-state index contributed by atoms with van der Waals surface area (Å²) in [6, 6.07) is 8.98. The summed E-state index contributed by atoms with van der Waals surface area (Å²) in [6.07, 6.45) is 5.30. The molecule has 0 heteroatoms. The maximum Gasteiger partial charge on any atom is -0.0245 e. The van der Waals surface area contributed by atoms with Gasteiger partial charge in [-0.25, -0.2) is 0 Å². The van der Waals surface area contributed by atoms with Crippen LogP contribution in [-0.2, 0) is 12.8 Å². The van der Waals surface area contributed by atoms with Crippen molar-refractivity contribution in [3.63, 3.8) is 0 Å². The molecule has 0 spiro atoms. The Morgan fingerprint density at radius 1 is 0.929 bits per heavy atom. The molecule has 0 aromatic heterocycles. The second kappa shape index (κ2) is 4.16. The van der Waals surface area contributed by atoms with Gasteiger partial charge in [-0.05, 0) is 35.8 Å². The Morgan fingerprint density at radius 3 is 1.71 bits per heavy atom. The smallest absolute Gasteiger partial charge is 0.0245 e. The van der Waals surface area contributed by atoms with Crippen LogP contribution >= 0.6 is 0 Å². The summed E-state index contributed by atoms with van der Waals surface area (Å²) in [6.45, 7) is 4.67. The number of benzene rings is 1. The van der Waals surface area contributed by atoms with Crippen LogP contribution in [0.4, 0.5) is 0 Å². The molecular weight excluding hydrogens is 168 g/mol. The van der Waals surface area contributed by atoms with Crippen molar-refractivity contribution in [1.29, 1.82) is 0 Å². The average molecular weight is 188 g/mol. The molecule has 0 heterocycles. The van der Waals surface area contributed by atoms with Crippen molar-refractivity contribution in [1.82, 2.24) is 0 Å². The molecule has 2 rings (SSSR count). The summed E-state index contributed by atoms with van der Waals surface area (Å²) in [5, 5.41) is 0. The first-order valence-corrected chi connectivity index (χ1v) is 5.91. The highest BCUT2D eigenvalue weighted by atomic mass is 14.3. The van der Waals surface area contributed by atoms with Gasteiger partial charge in [0, 0.05) is 0 Å². The van der Waals surface area contributed by atoms with Crippen LogP contribution in [0.15, 0.2) is 24.3 Å². The zero-order chi connectivity index (χ0) is 9.97. The van der Waals surface area contributed by atoms with Crippen LogP contribution in [0, 0.1) is 11.8 Å². The molecule has 1 aliphatic carbocycles. The van der Waals surface area contributed by atoms with Crippen molar-refractivity contribution < 1.29 is 0 Å². The van der Waals surface area contributed by atoms with Gasteiger partial charge >= 0.3 is 0 Å².